The fourth-order valence-corrected chi connectivity index (χ4v) is 2.15. The molecule has 94 valence electrons. The number of rotatable bonds is 2. The monoisotopic (exact) mass is 327 g/mol. The average molecular weight is 329 g/mol. The third-order valence-corrected chi connectivity index (χ3v) is 3.83. The van der Waals surface area contributed by atoms with Gasteiger partial charge in [-0.3, -0.25) is 9.48 Å². The maximum Gasteiger partial charge on any atom is 0.273 e. The predicted molar refractivity (Wildman–Crippen MR) is 75.1 cm³/mol. The van der Waals surface area contributed by atoms with Gasteiger partial charge in [0.25, 0.3) is 5.91 Å². The van der Waals surface area contributed by atoms with Gasteiger partial charge in [0, 0.05) is 7.05 Å². The van der Waals surface area contributed by atoms with E-state index in [4.69, 9.17) is 11.6 Å². The summed E-state index contributed by atoms with van der Waals surface area (Å²) in [5.41, 5.74) is 1.93. The van der Waals surface area contributed by atoms with Crippen molar-refractivity contribution >= 4 is 39.1 Å². The molecule has 0 atom stereocenters. The van der Waals surface area contributed by atoms with E-state index in [9.17, 15) is 4.79 Å². The molecule has 0 saturated heterocycles. The molecule has 1 amide bonds. The Morgan fingerprint density at radius 1 is 1.50 bits per heavy atom. The van der Waals surface area contributed by atoms with E-state index in [1.807, 2.05) is 6.92 Å². The third-order valence-electron chi connectivity index (χ3n) is 2.43. The Morgan fingerprint density at radius 2 is 2.22 bits per heavy atom. The van der Waals surface area contributed by atoms with Crippen LogP contribution in [0, 0.1) is 6.92 Å². The minimum absolute atomic E-state index is 0.221. The van der Waals surface area contributed by atoms with Crippen LogP contribution in [0.2, 0.25) is 5.02 Å². The summed E-state index contributed by atoms with van der Waals surface area (Å²) < 4.78 is 2.21. The Balaban J connectivity index is 2.27. The molecular formula is C12H11BrClN3O. The van der Waals surface area contributed by atoms with Gasteiger partial charge >= 0.3 is 0 Å². The average Bonchev–Trinajstić information content (AvgIpc) is 2.64. The normalized spacial score (nSPS) is 10.4. The van der Waals surface area contributed by atoms with Crippen molar-refractivity contribution in [2.24, 2.45) is 7.05 Å². The van der Waals surface area contributed by atoms with E-state index in [0.29, 0.717) is 20.9 Å². The van der Waals surface area contributed by atoms with E-state index in [2.05, 4.69) is 26.3 Å². The maximum atomic E-state index is 12.1. The molecule has 2 rings (SSSR count). The van der Waals surface area contributed by atoms with Gasteiger partial charge in [-0.15, -0.1) is 0 Å². The summed E-state index contributed by atoms with van der Waals surface area (Å²) in [7, 11) is 1.73. The van der Waals surface area contributed by atoms with Crippen LogP contribution in [0.3, 0.4) is 0 Å². The number of hydrogen-bond donors (Lipinski definition) is 1. The molecule has 18 heavy (non-hydrogen) atoms. The van der Waals surface area contributed by atoms with Crippen molar-refractivity contribution in [2.75, 3.05) is 5.32 Å². The Hall–Kier alpha value is -1.33. The van der Waals surface area contributed by atoms with E-state index in [1.165, 1.54) is 0 Å². The Kier molecular flexibility index (Phi) is 3.73. The van der Waals surface area contributed by atoms with Gasteiger partial charge in [0.1, 0.15) is 5.69 Å². The number of carbonyl (C=O) groups excluding carboxylic acids is 1. The highest BCUT2D eigenvalue weighted by Crippen LogP contribution is 2.30. The number of amides is 1. The first kappa shape index (κ1) is 13.1. The lowest BCUT2D eigenvalue weighted by atomic mass is 10.3. The van der Waals surface area contributed by atoms with Crippen molar-refractivity contribution in [2.45, 2.75) is 6.92 Å². The molecule has 0 aliphatic rings. The van der Waals surface area contributed by atoms with Gasteiger partial charge in [0.05, 0.1) is 20.9 Å². The molecule has 0 unspecified atom stereocenters. The van der Waals surface area contributed by atoms with Crippen molar-refractivity contribution in [1.29, 1.82) is 0 Å². The maximum absolute atomic E-state index is 12.1. The topological polar surface area (TPSA) is 46.9 Å². The molecule has 1 aromatic heterocycles. The molecule has 1 heterocycles. The zero-order chi connectivity index (χ0) is 13.3. The van der Waals surface area contributed by atoms with Gasteiger partial charge in [0.2, 0.25) is 0 Å². The van der Waals surface area contributed by atoms with Crippen LogP contribution in [-0.4, -0.2) is 15.7 Å². The second-order valence-corrected chi connectivity index (χ2v) is 5.05. The third kappa shape index (κ3) is 2.57. The molecule has 0 aliphatic carbocycles. The molecule has 1 N–H and O–H groups in total. The van der Waals surface area contributed by atoms with Crippen LogP contribution in [0.5, 0.6) is 0 Å². The van der Waals surface area contributed by atoms with E-state index >= 15 is 0 Å². The van der Waals surface area contributed by atoms with Gasteiger partial charge in [0.15, 0.2) is 0 Å². The summed E-state index contributed by atoms with van der Waals surface area (Å²) in [5, 5.41) is 7.47. The zero-order valence-corrected chi connectivity index (χ0v) is 12.2. The van der Waals surface area contributed by atoms with Crippen LogP contribution in [-0.2, 0) is 7.05 Å². The standard InChI is InChI=1S/C12H11BrClN3O/c1-7-6-10(17(2)16-7)12(18)15-9-5-3-4-8(14)11(9)13/h3-6H,1-2H3,(H,15,18). The summed E-state index contributed by atoms with van der Waals surface area (Å²) in [4.78, 5) is 12.1. The smallest absolute Gasteiger partial charge is 0.273 e. The molecular weight excluding hydrogens is 318 g/mol. The van der Waals surface area contributed by atoms with Gasteiger partial charge in [-0.05, 0) is 41.1 Å². The number of benzene rings is 1. The van der Waals surface area contributed by atoms with Crippen LogP contribution in [0.1, 0.15) is 16.2 Å². The largest absolute Gasteiger partial charge is 0.320 e. The molecule has 4 nitrogen and oxygen atoms in total. The van der Waals surface area contributed by atoms with Crippen LogP contribution >= 0.6 is 27.5 Å². The molecule has 0 aliphatic heterocycles. The fraction of sp³-hybridized carbons (Fsp3) is 0.167. The summed E-state index contributed by atoms with van der Waals surface area (Å²) >= 11 is 9.30. The van der Waals surface area contributed by atoms with Gasteiger partial charge in [-0.2, -0.15) is 5.10 Å². The Labute approximate surface area is 118 Å². The van der Waals surface area contributed by atoms with Crippen molar-refractivity contribution in [3.8, 4) is 0 Å². The predicted octanol–water partition coefficient (Wildman–Crippen LogP) is 3.40. The van der Waals surface area contributed by atoms with Crippen LogP contribution in [0.25, 0.3) is 0 Å². The highest BCUT2D eigenvalue weighted by molar-refractivity contribution is 9.10. The van der Waals surface area contributed by atoms with E-state index in [1.54, 1.807) is 36.0 Å². The van der Waals surface area contributed by atoms with Crippen molar-refractivity contribution in [3.05, 3.63) is 45.1 Å². The number of halogens is 2. The first-order valence-corrected chi connectivity index (χ1v) is 6.42. The summed E-state index contributed by atoms with van der Waals surface area (Å²) in [6.45, 7) is 1.84. The quantitative estimate of drug-likeness (QED) is 0.918. The van der Waals surface area contributed by atoms with Gasteiger partial charge in [-0.25, -0.2) is 0 Å². The summed E-state index contributed by atoms with van der Waals surface area (Å²) in [6, 6.07) is 7.03. The molecule has 0 radical (unpaired) electrons. The van der Waals surface area contributed by atoms with Crippen molar-refractivity contribution in [1.82, 2.24) is 9.78 Å². The minimum Gasteiger partial charge on any atom is -0.320 e. The first-order valence-electron chi connectivity index (χ1n) is 5.25. The van der Waals surface area contributed by atoms with Crippen LogP contribution in [0.4, 0.5) is 5.69 Å². The molecule has 0 bridgehead atoms. The lowest BCUT2D eigenvalue weighted by Gasteiger charge is -2.08. The lowest BCUT2D eigenvalue weighted by Crippen LogP contribution is -2.16. The summed E-state index contributed by atoms with van der Waals surface area (Å²) in [6.07, 6.45) is 0. The first-order chi connectivity index (χ1) is 8.49. The molecule has 0 saturated carbocycles. The van der Waals surface area contributed by atoms with Gasteiger partial charge < -0.3 is 5.32 Å². The number of hydrogen-bond acceptors (Lipinski definition) is 2. The number of aromatic nitrogens is 2. The Morgan fingerprint density at radius 3 is 2.83 bits per heavy atom. The Bertz CT molecular complexity index is 609. The zero-order valence-electron chi connectivity index (χ0n) is 9.87. The van der Waals surface area contributed by atoms with Crippen molar-refractivity contribution in [3.63, 3.8) is 0 Å². The molecule has 6 heteroatoms. The summed E-state index contributed by atoms with van der Waals surface area (Å²) in [5.74, 6) is -0.221. The highest BCUT2D eigenvalue weighted by atomic mass is 79.9. The van der Waals surface area contributed by atoms with E-state index in [-0.39, 0.29) is 5.91 Å². The van der Waals surface area contributed by atoms with E-state index < -0.39 is 0 Å². The van der Waals surface area contributed by atoms with Crippen LogP contribution in [0.15, 0.2) is 28.7 Å². The number of aryl methyl sites for hydroxylation is 2. The number of anilines is 1. The molecule has 0 fully saturated rings. The molecule has 1 aromatic carbocycles. The number of carbonyl (C=O) groups is 1. The van der Waals surface area contributed by atoms with E-state index in [0.717, 1.165) is 5.69 Å². The molecule has 0 spiro atoms. The molecule has 2 aromatic rings. The van der Waals surface area contributed by atoms with Gasteiger partial charge in [-0.1, -0.05) is 17.7 Å². The number of nitrogens with zero attached hydrogens (tertiary/aromatic N) is 2. The number of nitrogens with one attached hydrogen (secondary N) is 1. The van der Waals surface area contributed by atoms with Crippen LogP contribution < -0.4 is 5.32 Å². The SMILES string of the molecule is Cc1cc(C(=O)Nc2cccc(Cl)c2Br)n(C)n1. The fourth-order valence-electron chi connectivity index (χ4n) is 1.61. The second-order valence-electron chi connectivity index (χ2n) is 3.85. The minimum atomic E-state index is -0.221. The second kappa shape index (κ2) is 5.12. The van der Waals surface area contributed by atoms with Crippen molar-refractivity contribution < 1.29 is 4.79 Å². The lowest BCUT2D eigenvalue weighted by molar-refractivity contribution is 0.101. The highest BCUT2D eigenvalue weighted by Gasteiger charge is 2.13.